The second kappa shape index (κ2) is 6.23. The highest BCUT2D eigenvalue weighted by atomic mass is 35.5. The molecule has 0 radical (unpaired) electrons. The lowest BCUT2D eigenvalue weighted by Gasteiger charge is -2.10. The molecule has 0 saturated heterocycles. The van der Waals surface area contributed by atoms with Crippen LogP contribution in [0.5, 0.6) is 0 Å². The molecular formula is C14H14Cl2N2O2S. The van der Waals surface area contributed by atoms with Crippen molar-refractivity contribution in [3.63, 3.8) is 0 Å². The van der Waals surface area contributed by atoms with Gasteiger partial charge in [0.05, 0.1) is 10.6 Å². The average Bonchev–Trinajstić information content (AvgIpc) is 2.42. The average molecular weight is 345 g/mol. The van der Waals surface area contributed by atoms with Crippen molar-refractivity contribution >= 4 is 38.9 Å². The maximum absolute atomic E-state index is 12.3. The van der Waals surface area contributed by atoms with Gasteiger partial charge in [0.15, 0.2) is 0 Å². The molecule has 0 spiro atoms. The highest BCUT2D eigenvalue weighted by Gasteiger charge is 2.16. The van der Waals surface area contributed by atoms with E-state index in [2.05, 4.69) is 4.72 Å². The van der Waals surface area contributed by atoms with E-state index in [1.165, 1.54) is 12.1 Å². The van der Waals surface area contributed by atoms with Crippen LogP contribution < -0.4 is 10.5 Å². The van der Waals surface area contributed by atoms with Crippen LogP contribution in [-0.2, 0) is 16.6 Å². The Morgan fingerprint density at radius 3 is 2.38 bits per heavy atom. The summed E-state index contributed by atoms with van der Waals surface area (Å²) in [5.74, 6) is 0. The third-order valence-electron chi connectivity index (χ3n) is 2.98. The number of anilines is 1. The van der Waals surface area contributed by atoms with Crippen LogP contribution in [0.25, 0.3) is 0 Å². The second-order valence-electron chi connectivity index (χ2n) is 4.53. The monoisotopic (exact) mass is 344 g/mol. The van der Waals surface area contributed by atoms with Crippen molar-refractivity contribution in [1.82, 2.24) is 0 Å². The molecule has 2 aromatic carbocycles. The van der Waals surface area contributed by atoms with Crippen LogP contribution in [0.3, 0.4) is 0 Å². The van der Waals surface area contributed by atoms with E-state index in [-0.39, 0.29) is 11.4 Å². The Labute approximate surface area is 133 Å². The Morgan fingerprint density at radius 1 is 1.10 bits per heavy atom. The van der Waals surface area contributed by atoms with Gasteiger partial charge < -0.3 is 5.73 Å². The highest BCUT2D eigenvalue weighted by Crippen LogP contribution is 2.25. The molecule has 2 rings (SSSR count). The molecule has 0 saturated carbocycles. The number of hydrogen-bond donors (Lipinski definition) is 2. The van der Waals surface area contributed by atoms with E-state index in [1.54, 1.807) is 24.3 Å². The first kappa shape index (κ1) is 16.1. The molecule has 0 aliphatic carbocycles. The lowest BCUT2D eigenvalue weighted by molar-refractivity contribution is 0.601. The molecule has 0 atom stereocenters. The zero-order valence-electron chi connectivity index (χ0n) is 11.2. The molecule has 2 aromatic rings. The van der Waals surface area contributed by atoms with E-state index in [0.717, 1.165) is 5.56 Å². The van der Waals surface area contributed by atoms with Crippen molar-refractivity contribution < 1.29 is 8.42 Å². The van der Waals surface area contributed by atoms with Gasteiger partial charge in [0.2, 0.25) is 0 Å². The molecule has 3 N–H and O–H groups in total. The fourth-order valence-corrected chi connectivity index (χ4v) is 3.31. The van der Waals surface area contributed by atoms with Crippen molar-refractivity contribution in [2.75, 3.05) is 4.72 Å². The van der Waals surface area contributed by atoms with Gasteiger partial charge in [-0.15, -0.1) is 0 Å². The van der Waals surface area contributed by atoms with Crippen LogP contribution in [0.15, 0.2) is 41.3 Å². The first-order chi connectivity index (χ1) is 9.83. The number of benzene rings is 2. The summed E-state index contributed by atoms with van der Waals surface area (Å²) < 4.78 is 27.1. The van der Waals surface area contributed by atoms with Gasteiger partial charge >= 0.3 is 0 Å². The SMILES string of the molecule is Cc1ccc(NS(=O)(=O)c2ccc(CN)c(Cl)c2)cc1Cl. The fraction of sp³-hybridized carbons (Fsp3) is 0.143. The molecule has 7 heteroatoms. The molecule has 0 amide bonds. The molecule has 21 heavy (non-hydrogen) atoms. The van der Waals surface area contributed by atoms with Gasteiger partial charge in [0, 0.05) is 16.6 Å². The van der Waals surface area contributed by atoms with E-state index in [0.29, 0.717) is 21.3 Å². The number of halogens is 2. The molecular weight excluding hydrogens is 331 g/mol. The van der Waals surface area contributed by atoms with Gasteiger partial charge in [-0.05, 0) is 42.3 Å². The van der Waals surface area contributed by atoms with Crippen LogP contribution in [0, 0.1) is 6.92 Å². The maximum atomic E-state index is 12.3. The number of hydrogen-bond acceptors (Lipinski definition) is 3. The summed E-state index contributed by atoms with van der Waals surface area (Å²) in [6.45, 7) is 2.09. The van der Waals surface area contributed by atoms with Crippen LogP contribution in [0.4, 0.5) is 5.69 Å². The molecule has 0 unspecified atom stereocenters. The summed E-state index contributed by atoms with van der Waals surface area (Å²) >= 11 is 12.0. The van der Waals surface area contributed by atoms with Crippen molar-refractivity contribution in [3.8, 4) is 0 Å². The number of nitrogens with two attached hydrogens (primary N) is 1. The van der Waals surface area contributed by atoms with Crippen LogP contribution in [-0.4, -0.2) is 8.42 Å². The summed E-state index contributed by atoms with van der Waals surface area (Å²) in [5.41, 5.74) is 7.45. The number of nitrogens with one attached hydrogen (secondary N) is 1. The molecule has 0 aromatic heterocycles. The normalized spacial score (nSPS) is 11.4. The minimum absolute atomic E-state index is 0.0707. The highest BCUT2D eigenvalue weighted by molar-refractivity contribution is 7.92. The Kier molecular flexibility index (Phi) is 4.78. The fourth-order valence-electron chi connectivity index (χ4n) is 1.73. The Balaban J connectivity index is 2.33. The molecule has 0 heterocycles. The lowest BCUT2D eigenvalue weighted by atomic mass is 10.2. The Bertz CT molecular complexity index is 777. The van der Waals surface area contributed by atoms with Gasteiger partial charge in [0.1, 0.15) is 0 Å². The van der Waals surface area contributed by atoms with Gasteiger partial charge in [-0.3, -0.25) is 4.72 Å². The zero-order valence-corrected chi connectivity index (χ0v) is 13.6. The minimum Gasteiger partial charge on any atom is -0.326 e. The number of sulfonamides is 1. The van der Waals surface area contributed by atoms with Crippen molar-refractivity contribution in [2.45, 2.75) is 18.4 Å². The predicted molar refractivity (Wildman–Crippen MR) is 86.3 cm³/mol. The Morgan fingerprint density at radius 2 is 1.81 bits per heavy atom. The summed E-state index contributed by atoms with van der Waals surface area (Å²) in [6, 6.07) is 9.39. The molecule has 0 fully saturated rings. The van der Waals surface area contributed by atoms with Crippen molar-refractivity contribution in [1.29, 1.82) is 0 Å². The number of rotatable bonds is 4. The third-order valence-corrected chi connectivity index (χ3v) is 5.12. The molecule has 112 valence electrons. The minimum atomic E-state index is -3.72. The summed E-state index contributed by atoms with van der Waals surface area (Å²) in [6.07, 6.45) is 0. The van der Waals surface area contributed by atoms with Crippen LogP contribution in [0.1, 0.15) is 11.1 Å². The van der Waals surface area contributed by atoms with Gasteiger partial charge in [-0.2, -0.15) is 0 Å². The molecule has 4 nitrogen and oxygen atoms in total. The van der Waals surface area contributed by atoms with Crippen LogP contribution in [0.2, 0.25) is 10.0 Å². The lowest BCUT2D eigenvalue weighted by Crippen LogP contribution is -2.13. The first-order valence-electron chi connectivity index (χ1n) is 6.11. The topological polar surface area (TPSA) is 72.2 Å². The standard InChI is InChI=1S/C14H14Cl2N2O2S/c1-9-2-4-11(6-13(9)15)18-21(19,20)12-5-3-10(8-17)14(16)7-12/h2-7,18H,8,17H2,1H3. The molecule has 0 bridgehead atoms. The van der Waals surface area contributed by atoms with E-state index >= 15 is 0 Å². The number of aryl methyl sites for hydroxylation is 1. The second-order valence-corrected chi connectivity index (χ2v) is 7.02. The summed E-state index contributed by atoms with van der Waals surface area (Å²) in [4.78, 5) is 0.0707. The smallest absolute Gasteiger partial charge is 0.261 e. The molecule has 0 aliphatic rings. The molecule has 0 aliphatic heterocycles. The largest absolute Gasteiger partial charge is 0.326 e. The summed E-state index contributed by atoms with van der Waals surface area (Å²) in [5, 5.41) is 0.814. The van der Waals surface area contributed by atoms with Gasteiger partial charge in [0.25, 0.3) is 10.0 Å². The maximum Gasteiger partial charge on any atom is 0.261 e. The quantitative estimate of drug-likeness (QED) is 0.890. The van der Waals surface area contributed by atoms with E-state index in [1.807, 2.05) is 6.92 Å². The Hall–Kier alpha value is -1.27. The van der Waals surface area contributed by atoms with E-state index in [9.17, 15) is 8.42 Å². The van der Waals surface area contributed by atoms with Crippen molar-refractivity contribution in [3.05, 3.63) is 57.6 Å². The first-order valence-corrected chi connectivity index (χ1v) is 8.35. The van der Waals surface area contributed by atoms with Crippen molar-refractivity contribution in [2.24, 2.45) is 5.73 Å². The van der Waals surface area contributed by atoms with Gasteiger partial charge in [-0.1, -0.05) is 35.3 Å². The summed E-state index contributed by atoms with van der Waals surface area (Å²) in [7, 11) is -3.72. The van der Waals surface area contributed by atoms with Crippen LogP contribution >= 0.6 is 23.2 Å². The predicted octanol–water partition coefficient (Wildman–Crippen LogP) is 3.56. The zero-order chi connectivity index (χ0) is 15.6. The third kappa shape index (κ3) is 3.68. The van der Waals surface area contributed by atoms with E-state index in [4.69, 9.17) is 28.9 Å². The van der Waals surface area contributed by atoms with Gasteiger partial charge in [-0.25, -0.2) is 8.42 Å². The van der Waals surface area contributed by atoms with E-state index < -0.39 is 10.0 Å².